The van der Waals surface area contributed by atoms with E-state index in [0.29, 0.717) is 12.6 Å². The van der Waals surface area contributed by atoms with E-state index in [0.717, 1.165) is 60.2 Å². The molecule has 1 spiro atoms. The maximum absolute atomic E-state index is 12.7. The predicted octanol–water partition coefficient (Wildman–Crippen LogP) is 3.22. The van der Waals surface area contributed by atoms with E-state index < -0.39 is 0 Å². The molecule has 2 aromatic rings. The molecule has 3 N–H and O–H groups in total. The second-order valence-corrected chi connectivity index (χ2v) is 7.88. The topological polar surface area (TPSA) is 70.2 Å². The zero-order valence-electron chi connectivity index (χ0n) is 15.2. The van der Waals surface area contributed by atoms with Crippen LogP contribution in [0.5, 0.6) is 0 Å². The highest BCUT2D eigenvalue weighted by molar-refractivity contribution is 6.06. The molecule has 2 amide bonds. The number of fused-ring (bicyclic) bond motifs is 3. The van der Waals surface area contributed by atoms with Crippen LogP contribution in [0.15, 0.2) is 42.5 Å². The summed E-state index contributed by atoms with van der Waals surface area (Å²) in [5.41, 5.74) is 4.63. The molecule has 5 rings (SSSR count). The highest BCUT2D eigenvalue weighted by Crippen LogP contribution is 2.47. The van der Waals surface area contributed by atoms with E-state index in [1.807, 2.05) is 24.3 Å². The summed E-state index contributed by atoms with van der Waals surface area (Å²) >= 11 is 0. The number of benzene rings is 2. The van der Waals surface area contributed by atoms with Gasteiger partial charge in [0.25, 0.3) is 5.91 Å². The molecule has 0 saturated heterocycles. The second-order valence-electron chi connectivity index (χ2n) is 7.88. The number of carbonyl (C=O) groups is 2. The lowest BCUT2D eigenvalue weighted by Crippen LogP contribution is -2.41. The summed E-state index contributed by atoms with van der Waals surface area (Å²) in [5.74, 6) is 0.161. The Balaban J connectivity index is 1.31. The standard InChI is InChI=1S/C22H23N3O2/c26-20-17-13-16(6-5-14(17)9-12-23-20)24-15-7-10-22(11-8-15)18-3-1-2-4-19(18)25-21(22)27/h1-6,13,15,24H,7-12H2,(H,23,26)(H,25,27). The summed E-state index contributed by atoms with van der Waals surface area (Å²) in [6.07, 6.45) is 4.45. The SMILES string of the molecule is O=C1NCCc2ccc(NC3CCC4(CC3)C(=O)Nc3ccccc34)cc21. The van der Waals surface area contributed by atoms with Crippen LogP contribution in [0.4, 0.5) is 11.4 Å². The van der Waals surface area contributed by atoms with Gasteiger partial charge in [-0.3, -0.25) is 9.59 Å². The average molecular weight is 361 g/mol. The minimum absolute atomic E-state index is 0.0155. The third-order valence-electron chi connectivity index (χ3n) is 6.37. The van der Waals surface area contributed by atoms with Gasteiger partial charge in [0.15, 0.2) is 0 Å². The molecule has 1 aliphatic carbocycles. The highest BCUT2D eigenvalue weighted by atomic mass is 16.2. The van der Waals surface area contributed by atoms with Gasteiger partial charge in [-0.05, 0) is 61.4 Å². The van der Waals surface area contributed by atoms with E-state index in [2.05, 4.69) is 34.1 Å². The molecule has 27 heavy (non-hydrogen) atoms. The maximum atomic E-state index is 12.7. The number of carbonyl (C=O) groups excluding carboxylic acids is 2. The summed E-state index contributed by atoms with van der Waals surface area (Å²) in [6, 6.07) is 14.5. The Kier molecular flexibility index (Phi) is 3.71. The first-order valence-corrected chi connectivity index (χ1v) is 9.74. The zero-order chi connectivity index (χ0) is 18.4. The van der Waals surface area contributed by atoms with Crippen molar-refractivity contribution in [1.29, 1.82) is 0 Å². The molecular weight excluding hydrogens is 338 g/mol. The van der Waals surface area contributed by atoms with Crippen molar-refractivity contribution in [2.75, 3.05) is 17.2 Å². The fraction of sp³-hybridized carbons (Fsp3) is 0.364. The van der Waals surface area contributed by atoms with Crippen LogP contribution in [0.3, 0.4) is 0 Å². The van der Waals surface area contributed by atoms with Gasteiger partial charge in [0.2, 0.25) is 5.91 Å². The Morgan fingerprint density at radius 1 is 1.04 bits per heavy atom. The first kappa shape index (κ1) is 16.4. The lowest BCUT2D eigenvalue weighted by Gasteiger charge is -2.36. The summed E-state index contributed by atoms with van der Waals surface area (Å²) in [7, 11) is 0. The molecular formula is C22H23N3O2. The van der Waals surface area contributed by atoms with Gasteiger partial charge in [-0.1, -0.05) is 24.3 Å². The molecule has 3 aliphatic rings. The number of anilines is 2. The number of rotatable bonds is 2. The molecule has 0 atom stereocenters. The molecule has 5 heteroatoms. The first-order chi connectivity index (χ1) is 13.2. The monoisotopic (exact) mass is 361 g/mol. The Morgan fingerprint density at radius 3 is 2.70 bits per heavy atom. The number of nitrogens with one attached hydrogen (secondary N) is 3. The number of amides is 2. The first-order valence-electron chi connectivity index (χ1n) is 9.74. The lowest BCUT2D eigenvalue weighted by atomic mass is 9.69. The molecule has 2 heterocycles. The smallest absolute Gasteiger partial charge is 0.251 e. The molecule has 2 aliphatic heterocycles. The van der Waals surface area contributed by atoms with E-state index in [4.69, 9.17) is 0 Å². The van der Waals surface area contributed by atoms with Crippen LogP contribution >= 0.6 is 0 Å². The van der Waals surface area contributed by atoms with E-state index in [1.54, 1.807) is 0 Å². The van der Waals surface area contributed by atoms with Crippen molar-refractivity contribution in [3.05, 3.63) is 59.2 Å². The van der Waals surface area contributed by atoms with Gasteiger partial charge < -0.3 is 16.0 Å². The lowest BCUT2D eigenvalue weighted by molar-refractivity contribution is -0.122. The Hall–Kier alpha value is -2.82. The fourth-order valence-corrected chi connectivity index (χ4v) is 4.86. The van der Waals surface area contributed by atoms with Gasteiger partial charge >= 0.3 is 0 Å². The number of hydrogen-bond acceptors (Lipinski definition) is 3. The average Bonchev–Trinajstić information content (AvgIpc) is 2.96. The van der Waals surface area contributed by atoms with Crippen LogP contribution < -0.4 is 16.0 Å². The van der Waals surface area contributed by atoms with Gasteiger partial charge in [-0.2, -0.15) is 0 Å². The van der Waals surface area contributed by atoms with E-state index in [-0.39, 0.29) is 17.2 Å². The van der Waals surface area contributed by atoms with Gasteiger partial charge in [0.1, 0.15) is 0 Å². The third kappa shape index (κ3) is 2.60. The van der Waals surface area contributed by atoms with Crippen molar-refractivity contribution in [1.82, 2.24) is 5.32 Å². The van der Waals surface area contributed by atoms with Crippen molar-refractivity contribution in [3.8, 4) is 0 Å². The normalized spacial score (nSPS) is 26.1. The Morgan fingerprint density at radius 2 is 1.85 bits per heavy atom. The molecule has 0 aromatic heterocycles. The van der Waals surface area contributed by atoms with Crippen LogP contribution in [0.1, 0.15) is 47.2 Å². The van der Waals surface area contributed by atoms with Gasteiger partial charge in [-0.25, -0.2) is 0 Å². The second kappa shape index (κ2) is 6.12. The molecule has 0 bridgehead atoms. The van der Waals surface area contributed by atoms with Crippen molar-refractivity contribution < 1.29 is 9.59 Å². The van der Waals surface area contributed by atoms with Gasteiger partial charge in [0.05, 0.1) is 5.41 Å². The number of hydrogen-bond donors (Lipinski definition) is 3. The Bertz CT molecular complexity index is 929. The van der Waals surface area contributed by atoms with Crippen LogP contribution in [-0.4, -0.2) is 24.4 Å². The zero-order valence-corrected chi connectivity index (χ0v) is 15.2. The van der Waals surface area contributed by atoms with Gasteiger partial charge in [-0.15, -0.1) is 0 Å². The maximum Gasteiger partial charge on any atom is 0.251 e. The molecule has 1 saturated carbocycles. The molecule has 5 nitrogen and oxygen atoms in total. The highest BCUT2D eigenvalue weighted by Gasteiger charge is 2.48. The minimum atomic E-state index is -0.371. The molecule has 0 unspecified atom stereocenters. The summed E-state index contributed by atoms with van der Waals surface area (Å²) in [6.45, 7) is 0.715. The van der Waals surface area contributed by atoms with E-state index in [9.17, 15) is 9.59 Å². The largest absolute Gasteiger partial charge is 0.382 e. The quantitative estimate of drug-likeness (QED) is 0.769. The molecule has 0 radical (unpaired) electrons. The molecule has 138 valence electrons. The summed E-state index contributed by atoms with van der Waals surface area (Å²) in [4.78, 5) is 24.8. The van der Waals surface area contributed by atoms with Crippen molar-refractivity contribution in [3.63, 3.8) is 0 Å². The third-order valence-corrected chi connectivity index (χ3v) is 6.37. The fourth-order valence-electron chi connectivity index (χ4n) is 4.86. The summed E-state index contributed by atoms with van der Waals surface area (Å²) < 4.78 is 0. The predicted molar refractivity (Wildman–Crippen MR) is 105 cm³/mol. The molecule has 1 fully saturated rings. The van der Waals surface area contributed by atoms with Crippen molar-refractivity contribution >= 4 is 23.2 Å². The van der Waals surface area contributed by atoms with Gasteiger partial charge in [0, 0.05) is 29.5 Å². The van der Waals surface area contributed by atoms with E-state index in [1.165, 1.54) is 0 Å². The van der Waals surface area contributed by atoms with Crippen molar-refractivity contribution in [2.45, 2.75) is 43.6 Å². The van der Waals surface area contributed by atoms with Crippen LogP contribution in [0, 0.1) is 0 Å². The minimum Gasteiger partial charge on any atom is -0.382 e. The summed E-state index contributed by atoms with van der Waals surface area (Å²) in [5, 5.41) is 9.55. The van der Waals surface area contributed by atoms with Crippen LogP contribution in [0.25, 0.3) is 0 Å². The van der Waals surface area contributed by atoms with Crippen LogP contribution in [-0.2, 0) is 16.6 Å². The van der Waals surface area contributed by atoms with Crippen molar-refractivity contribution in [2.24, 2.45) is 0 Å². The number of para-hydroxylation sites is 1. The molecule has 2 aromatic carbocycles. The Labute approximate surface area is 158 Å². The van der Waals surface area contributed by atoms with E-state index >= 15 is 0 Å². The van der Waals surface area contributed by atoms with Crippen LogP contribution in [0.2, 0.25) is 0 Å².